The third kappa shape index (κ3) is 4.17. The fraction of sp³-hybridized carbons (Fsp3) is 0.750. The smallest absolute Gasteiger partial charge is 0.303 e. The van der Waals surface area contributed by atoms with Crippen LogP contribution in [0.5, 0.6) is 0 Å². The van der Waals surface area contributed by atoms with Gasteiger partial charge in [-0.2, -0.15) is 0 Å². The van der Waals surface area contributed by atoms with Gasteiger partial charge in [0, 0.05) is 20.8 Å². The van der Waals surface area contributed by atoms with Crippen molar-refractivity contribution >= 4 is 17.9 Å². The van der Waals surface area contributed by atoms with Gasteiger partial charge in [-0.1, -0.05) is 0 Å². The van der Waals surface area contributed by atoms with E-state index in [1.54, 1.807) is 0 Å². The molecule has 114 valence electrons. The number of rotatable bonds is 3. The van der Waals surface area contributed by atoms with Gasteiger partial charge >= 0.3 is 17.9 Å². The Balaban J connectivity index is 3.01. The summed E-state index contributed by atoms with van der Waals surface area (Å²) in [6.45, 7) is 5.01. The zero-order valence-corrected chi connectivity index (χ0v) is 11.7. The van der Waals surface area contributed by atoms with Gasteiger partial charge < -0.3 is 24.1 Å². The first-order valence-corrected chi connectivity index (χ1v) is 6.07. The van der Waals surface area contributed by atoms with Crippen LogP contribution in [0.25, 0.3) is 0 Å². The van der Waals surface area contributed by atoms with E-state index in [2.05, 4.69) is 0 Å². The lowest BCUT2D eigenvalue weighted by atomic mass is 9.99. The summed E-state index contributed by atoms with van der Waals surface area (Å²) in [4.78, 5) is 33.3. The van der Waals surface area contributed by atoms with Gasteiger partial charge in [-0.05, 0) is 6.92 Å². The average molecular weight is 290 g/mol. The number of hydrogen-bond acceptors (Lipinski definition) is 8. The molecule has 1 aliphatic heterocycles. The minimum atomic E-state index is -1.48. The molecule has 0 amide bonds. The van der Waals surface area contributed by atoms with Crippen LogP contribution in [0.15, 0.2) is 0 Å². The van der Waals surface area contributed by atoms with Crippen molar-refractivity contribution < 1.29 is 38.4 Å². The van der Waals surface area contributed by atoms with Gasteiger partial charge in [-0.25, -0.2) is 0 Å². The number of aliphatic hydroxyl groups excluding tert-OH is 1. The van der Waals surface area contributed by atoms with Crippen molar-refractivity contribution in [1.82, 2.24) is 0 Å². The van der Waals surface area contributed by atoms with E-state index < -0.39 is 48.6 Å². The molecule has 0 radical (unpaired) electrons. The Labute approximate surface area is 115 Å². The largest absolute Gasteiger partial charge is 0.456 e. The van der Waals surface area contributed by atoms with Gasteiger partial charge in [0.15, 0.2) is 24.6 Å². The number of carbonyl (C=O) groups excluding carboxylic acids is 3. The molecule has 0 aliphatic carbocycles. The Bertz CT molecular complexity index is 365. The van der Waals surface area contributed by atoms with E-state index >= 15 is 0 Å². The molecule has 8 heteroatoms. The number of aliphatic hydroxyl groups is 1. The molecule has 0 spiro atoms. The molecule has 0 aromatic heterocycles. The van der Waals surface area contributed by atoms with E-state index in [9.17, 15) is 19.5 Å². The lowest BCUT2D eigenvalue weighted by Crippen LogP contribution is -2.60. The highest BCUT2D eigenvalue weighted by molar-refractivity contribution is 5.68. The SMILES string of the molecule is CC(=O)O[C@H]1[C@@H](OC(C)=O)[C@H](O)O[C@H](C)[C@@H]1OC(C)=O. The summed E-state index contributed by atoms with van der Waals surface area (Å²) < 4.78 is 20.1. The van der Waals surface area contributed by atoms with Crippen LogP contribution in [0.4, 0.5) is 0 Å². The molecule has 1 saturated heterocycles. The molecule has 1 heterocycles. The lowest BCUT2D eigenvalue weighted by molar-refractivity contribution is -0.288. The van der Waals surface area contributed by atoms with Gasteiger partial charge in [0.1, 0.15) is 0 Å². The van der Waals surface area contributed by atoms with E-state index in [-0.39, 0.29) is 0 Å². The zero-order valence-electron chi connectivity index (χ0n) is 11.7. The molecule has 0 aromatic rings. The molecular weight excluding hydrogens is 272 g/mol. The van der Waals surface area contributed by atoms with Crippen molar-refractivity contribution in [3.05, 3.63) is 0 Å². The molecule has 1 aliphatic rings. The standard InChI is InChI=1S/C12H18O8/c1-5-9(18-6(2)13)10(19-7(3)14)11(12(16)17-5)20-8(4)15/h5,9-12,16H,1-4H3/t5-,9+,10-,11-,12-/m1/s1. The highest BCUT2D eigenvalue weighted by Gasteiger charge is 2.49. The first kappa shape index (κ1) is 16.4. The normalized spacial score (nSPS) is 33.1. The van der Waals surface area contributed by atoms with Crippen molar-refractivity contribution in [2.24, 2.45) is 0 Å². The molecule has 5 atom stereocenters. The molecule has 0 unspecified atom stereocenters. The topological polar surface area (TPSA) is 108 Å². The molecule has 0 aromatic carbocycles. The molecule has 8 nitrogen and oxygen atoms in total. The minimum absolute atomic E-state index is 0.611. The Hall–Kier alpha value is -1.67. The van der Waals surface area contributed by atoms with Crippen molar-refractivity contribution in [1.29, 1.82) is 0 Å². The molecule has 1 fully saturated rings. The highest BCUT2D eigenvalue weighted by atomic mass is 16.7. The lowest BCUT2D eigenvalue weighted by Gasteiger charge is -2.41. The fourth-order valence-corrected chi connectivity index (χ4v) is 1.99. The molecular formula is C12H18O8. The second-order valence-electron chi connectivity index (χ2n) is 4.45. The fourth-order valence-electron chi connectivity index (χ4n) is 1.99. The Morgan fingerprint density at radius 3 is 1.70 bits per heavy atom. The summed E-state index contributed by atoms with van der Waals surface area (Å²) in [5.41, 5.74) is 0. The average Bonchev–Trinajstić information content (AvgIpc) is 2.27. The molecule has 20 heavy (non-hydrogen) atoms. The minimum Gasteiger partial charge on any atom is -0.456 e. The Morgan fingerprint density at radius 1 is 0.850 bits per heavy atom. The monoisotopic (exact) mass is 290 g/mol. The zero-order chi connectivity index (χ0) is 15.4. The van der Waals surface area contributed by atoms with Gasteiger partial charge in [-0.15, -0.1) is 0 Å². The van der Waals surface area contributed by atoms with E-state index in [1.165, 1.54) is 13.8 Å². The summed E-state index contributed by atoms with van der Waals surface area (Å²) in [6, 6.07) is 0. The number of esters is 3. The van der Waals surface area contributed by atoms with Crippen LogP contribution in [0.3, 0.4) is 0 Å². The molecule has 0 saturated carbocycles. The number of carbonyl (C=O) groups is 3. The van der Waals surface area contributed by atoms with Crippen LogP contribution in [-0.2, 0) is 33.3 Å². The maximum absolute atomic E-state index is 11.2. The highest BCUT2D eigenvalue weighted by Crippen LogP contribution is 2.27. The summed E-state index contributed by atoms with van der Waals surface area (Å²) in [5.74, 6) is -1.96. The first-order chi connectivity index (χ1) is 9.22. The van der Waals surface area contributed by atoms with Gasteiger partial charge in [0.2, 0.25) is 0 Å². The second kappa shape index (κ2) is 6.67. The maximum Gasteiger partial charge on any atom is 0.303 e. The van der Waals surface area contributed by atoms with Crippen LogP contribution < -0.4 is 0 Å². The Kier molecular flexibility index (Phi) is 5.46. The van der Waals surface area contributed by atoms with E-state index in [0.717, 1.165) is 13.8 Å². The summed E-state index contributed by atoms with van der Waals surface area (Å²) in [7, 11) is 0. The van der Waals surface area contributed by atoms with Crippen LogP contribution in [0, 0.1) is 0 Å². The third-order valence-electron chi connectivity index (χ3n) is 2.65. The van der Waals surface area contributed by atoms with E-state index in [1.807, 2.05) is 0 Å². The van der Waals surface area contributed by atoms with Crippen LogP contribution in [-0.4, -0.2) is 53.7 Å². The van der Waals surface area contributed by atoms with Crippen LogP contribution in [0.2, 0.25) is 0 Å². The first-order valence-electron chi connectivity index (χ1n) is 6.07. The van der Waals surface area contributed by atoms with Crippen LogP contribution >= 0.6 is 0 Å². The van der Waals surface area contributed by atoms with Crippen molar-refractivity contribution in [3.8, 4) is 0 Å². The Morgan fingerprint density at radius 2 is 1.25 bits per heavy atom. The van der Waals surface area contributed by atoms with Crippen LogP contribution in [0.1, 0.15) is 27.7 Å². The summed E-state index contributed by atoms with van der Waals surface area (Å²) in [5, 5.41) is 9.79. The third-order valence-corrected chi connectivity index (χ3v) is 2.65. The summed E-state index contributed by atoms with van der Waals surface area (Å²) in [6.07, 6.45) is -5.60. The van der Waals surface area contributed by atoms with Crippen molar-refractivity contribution in [3.63, 3.8) is 0 Å². The van der Waals surface area contributed by atoms with Gasteiger partial charge in [-0.3, -0.25) is 14.4 Å². The van der Waals surface area contributed by atoms with Crippen molar-refractivity contribution in [2.45, 2.75) is 58.4 Å². The maximum atomic E-state index is 11.2. The predicted molar refractivity (Wildman–Crippen MR) is 63.2 cm³/mol. The number of hydrogen-bond donors (Lipinski definition) is 1. The number of ether oxygens (including phenoxy) is 4. The molecule has 1 N–H and O–H groups in total. The van der Waals surface area contributed by atoms with Gasteiger partial charge in [0.25, 0.3) is 0 Å². The predicted octanol–water partition coefficient (Wildman–Crippen LogP) is -0.481. The van der Waals surface area contributed by atoms with Gasteiger partial charge in [0.05, 0.1) is 6.10 Å². The molecule has 0 bridgehead atoms. The van der Waals surface area contributed by atoms with Crippen molar-refractivity contribution in [2.75, 3.05) is 0 Å². The summed E-state index contributed by atoms with van der Waals surface area (Å²) >= 11 is 0. The quantitative estimate of drug-likeness (QED) is 0.548. The second-order valence-corrected chi connectivity index (χ2v) is 4.45. The molecule has 1 rings (SSSR count). The van der Waals surface area contributed by atoms with E-state index in [0.29, 0.717) is 0 Å². The van der Waals surface area contributed by atoms with E-state index in [4.69, 9.17) is 18.9 Å².